The number of azo groups is 1. The van der Waals surface area contributed by atoms with E-state index in [1.807, 2.05) is 0 Å². The van der Waals surface area contributed by atoms with Crippen LogP contribution in [0.4, 0.5) is 9.59 Å². The number of amides is 2. The third-order valence-electron chi connectivity index (χ3n) is 0.554. The SMILES string of the molecule is CC(C)OC(=O)N=NC(=O)O. The van der Waals surface area contributed by atoms with Gasteiger partial charge >= 0.3 is 12.2 Å². The van der Waals surface area contributed by atoms with E-state index in [0.717, 1.165) is 0 Å². The maximum atomic E-state index is 10.4. The normalized spacial score (nSPS) is 10.5. The minimum atomic E-state index is -1.52. The van der Waals surface area contributed by atoms with E-state index < -0.39 is 12.2 Å². The highest BCUT2D eigenvalue weighted by Gasteiger charge is 2.02. The van der Waals surface area contributed by atoms with Crippen molar-refractivity contribution >= 4 is 12.2 Å². The maximum absolute atomic E-state index is 10.4. The Morgan fingerprint density at radius 1 is 1.36 bits per heavy atom. The van der Waals surface area contributed by atoms with E-state index in [2.05, 4.69) is 15.0 Å². The maximum Gasteiger partial charge on any atom is 0.452 e. The summed E-state index contributed by atoms with van der Waals surface area (Å²) in [7, 11) is 0. The third-order valence-corrected chi connectivity index (χ3v) is 0.554. The van der Waals surface area contributed by atoms with Crippen molar-refractivity contribution in [2.24, 2.45) is 10.2 Å². The Morgan fingerprint density at radius 2 is 1.91 bits per heavy atom. The van der Waals surface area contributed by atoms with E-state index in [9.17, 15) is 9.59 Å². The number of nitrogens with zero attached hydrogens (tertiary/aromatic N) is 2. The number of hydrogen-bond donors (Lipinski definition) is 1. The lowest BCUT2D eigenvalue weighted by molar-refractivity contribution is 0.123. The molecule has 6 heteroatoms. The van der Waals surface area contributed by atoms with Gasteiger partial charge in [0.25, 0.3) is 0 Å². The number of ether oxygens (including phenoxy) is 1. The first-order valence-electron chi connectivity index (χ1n) is 2.87. The summed E-state index contributed by atoms with van der Waals surface area (Å²) in [6.45, 7) is 3.24. The molecule has 0 spiro atoms. The molecule has 0 saturated heterocycles. The molecule has 0 radical (unpaired) electrons. The molecule has 2 amide bonds. The lowest BCUT2D eigenvalue weighted by Gasteiger charge is -2.01. The summed E-state index contributed by atoms with van der Waals surface area (Å²) in [5.41, 5.74) is 0. The van der Waals surface area contributed by atoms with Crippen LogP contribution in [0.3, 0.4) is 0 Å². The van der Waals surface area contributed by atoms with Gasteiger partial charge in [0.1, 0.15) is 0 Å². The van der Waals surface area contributed by atoms with E-state index in [1.54, 1.807) is 13.8 Å². The molecule has 0 aliphatic carbocycles. The summed E-state index contributed by atoms with van der Waals surface area (Å²) in [5.74, 6) is 0. The fraction of sp³-hybridized carbons (Fsp3) is 0.600. The van der Waals surface area contributed by atoms with E-state index in [1.165, 1.54) is 0 Å². The quantitative estimate of drug-likeness (QED) is 0.590. The zero-order valence-corrected chi connectivity index (χ0v) is 6.14. The minimum Gasteiger partial charge on any atom is -0.462 e. The van der Waals surface area contributed by atoms with E-state index in [0.29, 0.717) is 0 Å². The first kappa shape index (κ1) is 9.54. The monoisotopic (exact) mass is 160 g/mol. The zero-order valence-electron chi connectivity index (χ0n) is 6.14. The second-order valence-electron chi connectivity index (χ2n) is 1.92. The number of hydrogen-bond acceptors (Lipinski definition) is 3. The van der Waals surface area contributed by atoms with Crippen LogP contribution in [0, 0.1) is 0 Å². The molecule has 0 aromatic carbocycles. The topological polar surface area (TPSA) is 88.3 Å². The summed E-state index contributed by atoms with van der Waals surface area (Å²) < 4.78 is 4.44. The van der Waals surface area contributed by atoms with Crippen molar-refractivity contribution in [3.8, 4) is 0 Å². The molecule has 0 atom stereocenters. The van der Waals surface area contributed by atoms with Crippen molar-refractivity contribution in [1.29, 1.82) is 0 Å². The molecule has 0 heterocycles. The fourth-order valence-electron chi connectivity index (χ4n) is 0.309. The third kappa shape index (κ3) is 6.42. The summed E-state index contributed by atoms with van der Waals surface area (Å²) >= 11 is 0. The molecule has 0 saturated carbocycles. The Kier molecular flexibility index (Phi) is 3.79. The van der Waals surface area contributed by atoms with Crippen LogP contribution < -0.4 is 0 Å². The van der Waals surface area contributed by atoms with Gasteiger partial charge in [-0.05, 0) is 13.8 Å². The van der Waals surface area contributed by atoms with Crippen molar-refractivity contribution in [2.75, 3.05) is 0 Å². The summed E-state index contributed by atoms with van der Waals surface area (Å²) in [5, 5.41) is 13.2. The second kappa shape index (κ2) is 4.37. The average molecular weight is 160 g/mol. The average Bonchev–Trinajstić information content (AvgIpc) is 1.82. The molecule has 0 bridgehead atoms. The van der Waals surface area contributed by atoms with Crippen molar-refractivity contribution in [2.45, 2.75) is 20.0 Å². The minimum absolute atomic E-state index is 0.324. The van der Waals surface area contributed by atoms with Crippen LogP contribution in [0.5, 0.6) is 0 Å². The molecule has 0 rings (SSSR count). The molecule has 0 aromatic rings. The highest BCUT2D eigenvalue weighted by molar-refractivity contribution is 5.72. The molecule has 0 aromatic heterocycles. The molecule has 0 aliphatic rings. The highest BCUT2D eigenvalue weighted by Crippen LogP contribution is 1.92. The van der Waals surface area contributed by atoms with Crippen molar-refractivity contribution in [1.82, 2.24) is 0 Å². The molecular weight excluding hydrogens is 152 g/mol. The molecule has 1 N–H and O–H groups in total. The zero-order chi connectivity index (χ0) is 8.85. The van der Waals surface area contributed by atoms with E-state index >= 15 is 0 Å². The Bertz CT molecular complexity index is 187. The van der Waals surface area contributed by atoms with Crippen LogP contribution in [-0.4, -0.2) is 23.4 Å². The Balaban J connectivity index is 3.78. The molecular formula is C5H8N2O4. The number of carbonyl (C=O) groups excluding carboxylic acids is 1. The van der Waals surface area contributed by atoms with Crippen molar-refractivity contribution < 1.29 is 19.4 Å². The van der Waals surface area contributed by atoms with Crippen molar-refractivity contribution in [3.63, 3.8) is 0 Å². The fourth-order valence-corrected chi connectivity index (χ4v) is 0.309. The predicted octanol–water partition coefficient (Wildman–Crippen LogP) is 1.66. The summed E-state index contributed by atoms with van der Waals surface area (Å²) in [6.07, 6.45) is -2.84. The van der Waals surface area contributed by atoms with Gasteiger partial charge in [-0.3, -0.25) is 0 Å². The molecule has 62 valence electrons. The Labute approximate surface area is 62.9 Å². The lowest BCUT2D eigenvalue weighted by atomic mass is 10.5. The van der Waals surface area contributed by atoms with Gasteiger partial charge in [-0.25, -0.2) is 9.59 Å². The molecule has 11 heavy (non-hydrogen) atoms. The lowest BCUT2D eigenvalue weighted by Crippen LogP contribution is -2.06. The van der Waals surface area contributed by atoms with Crippen LogP contribution in [0.2, 0.25) is 0 Å². The molecule has 6 nitrogen and oxygen atoms in total. The predicted molar refractivity (Wildman–Crippen MR) is 34.5 cm³/mol. The first-order valence-corrected chi connectivity index (χ1v) is 2.87. The van der Waals surface area contributed by atoms with Gasteiger partial charge < -0.3 is 9.84 Å². The Hall–Kier alpha value is -1.46. The van der Waals surface area contributed by atoms with Gasteiger partial charge in [0.2, 0.25) is 0 Å². The molecule has 0 fully saturated rings. The number of rotatable bonds is 1. The molecule has 0 aliphatic heterocycles. The Morgan fingerprint density at radius 3 is 2.27 bits per heavy atom. The first-order chi connectivity index (χ1) is 5.02. The smallest absolute Gasteiger partial charge is 0.452 e. The van der Waals surface area contributed by atoms with E-state index in [-0.39, 0.29) is 6.10 Å². The van der Waals surface area contributed by atoms with Gasteiger partial charge in [-0.15, -0.1) is 0 Å². The summed E-state index contributed by atoms with van der Waals surface area (Å²) in [4.78, 5) is 20.1. The standard InChI is InChI=1S/C5H8N2O4/c1-3(2)11-5(10)7-6-4(8)9/h3H,1-2H3,(H,8,9). The number of carbonyl (C=O) groups is 2. The summed E-state index contributed by atoms with van der Waals surface area (Å²) in [6, 6.07) is 0. The van der Waals surface area contributed by atoms with Crippen LogP contribution in [0.15, 0.2) is 10.2 Å². The highest BCUT2D eigenvalue weighted by atomic mass is 16.6. The number of carboxylic acid groups (broad SMARTS) is 1. The van der Waals surface area contributed by atoms with Crippen LogP contribution in [-0.2, 0) is 4.74 Å². The van der Waals surface area contributed by atoms with E-state index in [4.69, 9.17) is 5.11 Å². The molecule has 0 unspecified atom stereocenters. The van der Waals surface area contributed by atoms with Crippen LogP contribution in [0.25, 0.3) is 0 Å². The van der Waals surface area contributed by atoms with Gasteiger partial charge in [-0.1, -0.05) is 10.2 Å². The largest absolute Gasteiger partial charge is 0.462 e. The van der Waals surface area contributed by atoms with Gasteiger partial charge in [0, 0.05) is 0 Å². The van der Waals surface area contributed by atoms with Crippen LogP contribution in [0.1, 0.15) is 13.8 Å². The van der Waals surface area contributed by atoms with Gasteiger partial charge in [-0.2, -0.15) is 0 Å². The van der Waals surface area contributed by atoms with Gasteiger partial charge in [0.05, 0.1) is 6.10 Å². The van der Waals surface area contributed by atoms with Crippen molar-refractivity contribution in [3.05, 3.63) is 0 Å². The van der Waals surface area contributed by atoms with Crippen LogP contribution >= 0.6 is 0 Å². The van der Waals surface area contributed by atoms with Gasteiger partial charge in [0.15, 0.2) is 0 Å². The second-order valence-corrected chi connectivity index (χ2v) is 1.92.